The second-order valence-electron chi connectivity index (χ2n) is 6.44. The van der Waals surface area contributed by atoms with Gasteiger partial charge in [-0.3, -0.25) is 9.59 Å². The predicted octanol–water partition coefficient (Wildman–Crippen LogP) is 4.95. The van der Waals surface area contributed by atoms with Crippen molar-refractivity contribution >= 4 is 46.8 Å². The van der Waals surface area contributed by atoms with Crippen LogP contribution in [-0.2, 0) is 16.1 Å². The topological polar surface area (TPSA) is 49.4 Å². The molecule has 2 rings (SSSR count). The van der Waals surface area contributed by atoms with Gasteiger partial charge in [0.2, 0.25) is 11.8 Å². The van der Waals surface area contributed by atoms with Crippen molar-refractivity contribution in [2.75, 3.05) is 12.3 Å². The summed E-state index contributed by atoms with van der Waals surface area (Å²) in [6, 6.07) is 12.6. The maximum atomic E-state index is 13.0. The van der Waals surface area contributed by atoms with Crippen molar-refractivity contribution in [3.63, 3.8) is 0 Å². The number of hydrogen-bond acceptors (Lipinski definition) is 3. The van der Waals surface area contributed by atoms with Crippen LogP contribution in [0.15, 0.2) is 47.4 Å². The zero-order valence-electron chi connectivity index (χ0n) is 16.2. The summed E-state index contributed by atoms with van der Waals surface area (Å²) < 4.78 is 0. The number of nitrogens with zero attached hydrogens (tertiary/aromatic N) is 1. The van der Waals surface area contributed by atoms with E-state index < -0.39 is 6.04 Å². The molecule has 2 aromatic rings. The van der Waals surface area contributed by atoms with E-state index in [-0.39, 0.29) is 24.1 Å². The van der Waals surface area contributed by atoms with Crippen molar-refractivity contribution in [3.05, 3.63) is 63.6 Å². The average molecular weight is 439 g/mol. The number of likely N-dealkylation sites (N-methyl/N-ethyl adjacent to an activating group) is 1. The van der Waals surface area contributed by atoms with Gasteiger partial charge in [-0.15, -0.1) is 11.8 Å². The number of benzene rings is 2. The Bertz CT molecular complexity index is 828. The van der Waals surface area contributed by atoms with Gasteiger partial charge in [0, 0.05) is 18.0 Å². The highest BCUT2D eigenvalue weighted by atomic mass is 35.5. The lowest BCUT2D eigenvalue weighted by Crippen LogP contribution is -2.48. The van der Waals surface area contributed by atoms with E-state index in [0.717, 1.165) is 10.5 Å². The van der Waals surface area contributed by atoms with Gasteiger partial charge in [-0.05, 0) is 50.6 Å². The van der Waals surface area contributed by atoms with Crippen LogP contribution in [-0.4, -0.2) is 35.1 Å². The smallest absolute Gasteiger partial charge is 0.242 e. The highest BCUT2D eigenvalue weighted by Crippen LogP contribution is 2.25. The highest BCUT2D eigenvalue weighted by Gasteiger charge is 2.26. The second-order valence-corrected chi connectivity index (χ2v) is 8.31. The van der Waals surface area contributed by atoms with Crippen LogP contribution in [0.1, 0.15) is 25.0 Å². The summed E-state index contributed by atoms with van der Waals surface area (Å²) in [6.45, 7) is 6.39. The van der Waals surface area contributed by atoms with Crippen LogP contribution in [0.5, 0.6) is 0 Å². The van der Waals surface area contributed by atoms with Crippen LogP contribution in [0.2, 0.25) is 10.0 Å². The van der Waals surface area contributed by atoms with E-state index in [9.17, 15) is 9.59 Å². The molecule has 28 heavy (non-hydrogen) atoms. The Hall–Kier alpha value is -1.69. The Morgan fingerprint density at radius 2 is 1.79 bits per heavy atom. The fourth-order valence-corrected chi connectivity index (χ4v) is 3.71. The average Bonchev–Trinajstić information content (AvgIpc) is 2.67. The van der Waals surface area contributed by atoms with Crippen LogP contribution in [0.25, 0.3) is 0 Å². The molecular weight excluding hydrogens is 415 g/mol. The number of amides is 2. The third-order valence-corrected chi connectivity index (χ3v) is 5.97. The van der Waals surface area contributed by atoms with Crippen LogP contribution in [0, 0.1) is 6.92 Å². The van der Waals surface area contributed by atoms with E-state index in [0.29, 0.717) is 16.6 Å². The molecular formula is C21H24Cl2N2O2S. The molecule has 0 aromatic heterocycles. The highest BCUT2D eigenvalue weighted by molar-refractivity contribution is 8.00. The summed E-state index contributed by atoms with van der Waals surface area (Å²) in [5.41, 5.74) is 1.99. The summed E-state index contributed by atoms with van der Waals surface area (Å²) in [4.78, 5) is 27.9. The third-order valence-electron chi connectivity index (χ3n) is 4.24. The molecule has 0 radical (unpaired) electrons. The van der Waals surface area contributed by atoms with Crippen molar-refractivity contribution in [1.82, 2.24) is 10.2 Å². The minimum atomic E-state index is -0.597. The lowest BCUT2D eigenvalue weighted by Gasteiger charge is -2.28. The maximum Gasteiger partial charge on any atom is 0.242 e. The van der Waals surface area contributed by atoms with E-state index in [1.54, 1.807) is 24.0 Å². The normalized spacial score (nSPS) is 11.8. The molecule has 2 aromatic carbocycles. The molecule has 1 N–H and O–H groups in total. The predicted molar refractivity (Wildman–Crippen MR) is 117 cm³/mol. The molecule has 0 heterocycles. The first-order valence-electron chi connectivity index (χ1n) is 9.02. The summed E-state index contributed by atoms with van der Waals surface area (Å²) in [7, 11) is 0. The van der Waals surface area contributed by atoms with Crippen LogP contribution in [0.4, 0.5) is 0 Å². The number of carbonyl (C=O) groups is 2. The largest absolute Gasteiger partial charge is 0.355 e. The van der Waals surface area contributed by atoms with E-state index in [1.165, 1.54) is 17.3 Å². The standard InChI is InChI=1S/C21H24Cl2N2O2S/c1-4-24-21(27)15(3)25(12-16-7-10-18(22)19(23)11-16)20(26)13-28-17-8-5-14(2)6-9-17/h5-11,15H,4,12-13H2,1-3H3,(H,24,27)/t15-/m0/s1. The zero-order chi connectivity index (χ0) is 20.7. The summed E-state index contributed by atoms with van der Waals surface area (Å²) in [5, 5.41) is 3.66. The Labute approximate surface area is 180 Å². The summed E-state index contributed by atoms with van der Waals surface area (Å²) >= 11 is 13.5. The Morgan fingerprint density at radius 3 is 2.39 bits per heavy atom. The molecule has 0 bridgehead atoms. The van der Waals surface area contributed by atoms with Crippen molar-refractivity contribution < 1.29 is 9.59 Å². The molecule has 0 unspecified atom stereocenters. The molecule has 0 saturated heterocycles. The molecule has 4 nitrogen and oxygen atoms in total. The first-order chi connectivity index (χ1) is 13.3. The quantitative estimate of drug-likeness (QED) is 0.593. The Morgan fingerprint density at radius 1 is 1.11 bits per heavy atom. The second kappa shape index (κ2) is 10.7. The molecule has 150 valence electrons. The van der Waals surface area contributed by atoms with Gasteiger partial charge in [0.05, 0.1) is 15.8 Å². The number of thioether (sulfide) groups is 1. The van der Waals surface area contributed by atoms with Crippen molar-refractivity contribution in [2.24, 2.45) is 0 Å². The number of hydrogen-bond donors (Lipinski definition) is 1. The molecule has 0 aliphatic heterocycles. The summed E-state index contributed by atoms with van der Waals surface area (Å²) in [6.07, 6.45) is 0. The SMILES string of the molecule is CCNC(=O)[C@H](C)N(Cc1ccc(Cl)c(Cl)c1)C(=O)CSc1ccc(C)cc1. The van der Waals surface area contributed by atoms with Gasteiger partial charge in [0.15, 0.2) is 0 Å². The van der Waals surface area contributed by atoms with Gasteiger partial charge in [-0.1, -0.05) is 47.0 Å². The Balaban J connectivity index is 2.15. The molecule has 0 aliphatic rings. The van der Waals surface area contributed by atoms with Gasteiger partial charge >= 0.3 is 0 Å². The first-order valence-corrected chi connectivity index (χ1v) is 10.8. The molecule has 0 fully saturated rings. The fourth-order valence-electron chi connectivity index (χ4n) is 2.60. The van der Waals surface area contributed by atoms with Crippen molar-refractivity contribution in [3.8, 4) is 0 Å². The van der Waals surface area contributed by atoms with Crippen LogP contribution >= 0.6 is 35.0 Å². The van der Waals surface area contributed by atoms with E-state index in [2.05, 4.69) is 5.32 Å². The molecule has 2 amide bonds. The molecule has 0 saturated carbocycles. The maximum absolute atomic E-state index is 13.0. The van der Waals surface area contributed by atoms with Gasteiger partial charge in [0.25, 0.3) is 0 Å². The van der Waals surface area contributed by atoms with E-state index in [1.807, 2.05) is 44.2 Å². The van der Waals surface area contributed by atoms with E-state index in [4.69, 9.17) is 23.2 Å². The van der Waals surface area contributed by atoms with E-state index >= 15 is 0 Å². The molecule has 7 heteroatoms. The number of nitrogens with one attached hydrogen (secondary N) is 1. The molecule has 0 aliphatic carbocycles. The van der Waals surface area contributed by atoms with Crippen molar-refractivity contribution in [1.29, 1.82) is 0 Å². The monoisotopic (exact) mass is 438 g/mol. The number of carbonyl (C=O) groups excluding carboxylic acids is 2. The first kappa shape index (κ1) is 22.6. The van der Waals surface area contributed by atoms with Gasteiger partial charge in [-0.2, -0.15) is 0 Å². The van der Waals surface area contributed by atoms with Crippen LogP contribution in [0.3, 0.4) is 0 Å². The van der Waals surface area contributed by atoms with Gasteiger partial charge < -0.3 is 10.2 Å². The summed E-state index contributed by atoms with van der Waals surface area (Å²) in [5.74, 6) is -0.0552. The van der Waals surface area contributed by atoms with Crippen molar-refractivity contribution in [2.45, 2.75) is 38.3 Å². The Kier molecular flexibility index (Phi) is 8.67. The zero-order valence-corrected chi connectivity index (χ0v) is 18.5. The number of halogens is 2. The van der Waals surface area contributed by atoms with Gasteiger partial charge in [0.1, 0.15) is 6.04 Å². The number of aryl methyl sites for hydroxylation is 1. The van der Waals surface area contributed by atoms with Crippen LogP contribution < -0.4 is 5.32 Å². The lowest BCUT2D eigenvalue weighted by molar-refractivity contribution is -0.138. The minimum Gasteiger partial charge on any atom is -0.355 e. The lowest BCUT2D eigenvalue weighted by atomic mass is 10.1. The molecule has 1 atom stereocenters. The van der Waals surface area contributed by atoms with Gasteiger partial charge in [-0.25, -0.2) is 0 Å². The molecule has 0 spiro atoms. The minimum absolute atomic E-state index is 0.115. The number of rotatable bonds is 8. The fraction of sp³-hybridized carbons (Fsp3) is 0.333. The third kappa shape index (κ3) is 6.43.